The first-order valence-corrected chi connectivity index (χ1v) is 7.13. The maximum Gasteiger partial charge on any atom is 0.311 e. The molecule has 2 heterocycles. The van der Waals surface area contributed by atoms with Crippen LogP contribution in [0, 0.1) is 10.1 Å². The van der Waals surface area contributed by atoms with E-state index >= 15 is 0 Å². The molecule has 2 aromatic rings. The van der Waals surface area contributed by atoms with Crippen molar-refractivity contribution in [3.63, 3.8) is 0 Å². The van der Waals surface area contributed by atoms with Crippen LogP contribution in [0.15, 0.2) is 30.5 Å². The minimum atomic E-state index is -0.395. The zero-order chi connectivity index (χ0) is 14.7. The standard InChI is InChI=1S/C15H17N3O3/c19-18(20)14-10-17-13-6-2-1-5-12(13)15(14)16-8-7-11-4-3-9-21-11/h1-2,5-6,10-11H,3-4,7-9H2,(H,16,17). The molecule has 0 spiro atoms. The lowest BCUT2D eigenvalue weighted by atomic mass is 10.1. The molecular weight excluding hydrogens is 270 g/mol. The molecule has 1 atom stereocenters. The van der Waals surface area contributed by atoms with Gasteiger partial charge in [0, 0.05) is 18.5 Å². The van der Waals surface area contributed by atoms with E-state index in [2.05, 4.69) is 10.3 Å². The van der Waals surface area contributed by atoms with Crippen molar-refractivity contribution in [2.24, 2.45) is 0 Å². The minimum Gasteiger partial charge on any atom is -0.379 e. The molecule has 1 aliphatic heterocycles. The van der Waals surface area contributed by atoms with E-state index in [1.54, 1.807) is 0 Å². The molecule has 1 aromatic heterocycles. The van der Waals surface area contributed by atoms with Gasteiger partial charge in [0.2, 0.25) is 0 Å². The summed E-state index contributed by atoms with van der Waals surface area (Å²) >= 11 is 0. The monoisotopic (exact) mass is 287 g/mol. The summed E-state index contributed by atoms with van der Waals surface area (Å²) in [5.41, 5.74) is 1.31. The Balaban J connectivity index is 1.83. The molecule has 0 amide bonds. The Morgan fingerprint density at radius 1 is 1.43 bits per heavy atom. The number of nitrogens with zero attached hydrogens (tertiary/aromatic N) is 2. The van der Waals surface area contributed by atoms with Crippen LogP contribution in [0.4, 0.5) is 11.4 Å². The van der Waals surface area contributed by atoms with Gasteiger partial charge in [-0.3, -0.25) is 10.1 Å². The second-order valence-electron chi connectivity index (χ2n) is 5.14. The molecule has 1 aromatic carbocycles. The van der Waals surface area contributed by atoms with Crippen LogP contribution in [-0.2, 0) is 4.74 Å². The van der Waals surface area contributed by atoms with Crippen LogP contribution in [0.25, 0.3) is 10.9 Å². The maximum absolute atomic E-state index is 11.2. The first-order valence-electron chi connectivity index (χ1n) is 7.13. The molecule has 3 rings (SSSR count). The number of pyridine rings is 1. The Morgan fingerprint density at radius 2 is 2.29 bits per heavy atom. The first-order chi connectivity index (χ1) is 10.3. The highest BCUT2D eigenvalue weighted by molar-refractivity contribution is 5.95. The summed E-state index contributed by atoms with van der Waals surface area (Å²) in [4.78, 5) is 14.9. The SMILES string of the molecule is O=[N+]([O-])c1cnc2ccccc2c1NCCC1CCCO1. The van der Waals surface area contributed by atoms with Gasteiger partial charge < -0.3 is 10.1 Å². The van der Waals surface area contributed by atoms with Gasteiger partial charge in [0.25, 0.3) is 0 Å². The van der Waals surface area contributed by atoms with Crippen LogP contribution < -0.4 is 5.32 Å². The molecule has 6 heteroatoms. The first kappa shape index (κ1) is 13.8. The Bertz CT molecular complexity index is 654. The zero-order valence-electron chi connectivity index (χ0n) is 11.6. The number of nitrogens with one attached hydrogen (secondary N) is 1. The highest BCUT2D eigenvalue weighted by atomic mass is 16.6. The van der Waals surface area contributed by atoms with E-state index in [-0.39, 0.29) is 11.8 Å². The number of rotatable bonds is 5. The lowest BCUT2D eigenvalue weighted by Gasteiger charge is -2.12. The number of ether oxygens (including phenoxy) is 1. The number of anilines is 1. The summed E-state index contributed by atoms with van der Waals surface area (Å²) in [6.45, 7) is 1.47. The number of aromatic nitrogens is 1. The molecule has 21 heavy (non-hydrogen) atoms. The third kappa shape index (κ3) is 2.95. The summed E-state index contributed by atoms with van der Waals surface area (Å²) in [5, 5.41) is 15.2. The van der Waals surface area contributed by atoms with Crippen LogP contribution in [0.2, 0.25) is 0 Å². The number of hydrogen-bond donors (Lipinski definition) is 1. The zero-order valence-corrected chi connectivity index (χ0v) is 11.6. The average Bonchev–Trinajstić information content (AvgIpc) is 3.00. The van der Waals surface area contributed by atoms with Crippen molar-refractivity contribution in [1.82, 2.24) is 4.98 Å². The van der Waals surface area contributed by atoms with E-state index in [1.165, 1.54) is 6.20 Å². The van der Waals surface area contributed by atoms with E-state index in [9.17, 15) is 10.1 Å². The summed E-state index contributed by atoms with van der Waals surface area (Å²) < 4.78 is 5.57. The molecule has 0 saturated carbocycles. The minimum absolute atomic E-state index is 0.0149. The van der Waals surface area contributed by atoms with Crippen LogP contribution in [0.5, 0.6) is 0 Å². The molecule has 1 saturated heterocycles. The Kier molecular flexibility index (Phi) is 3.96. The van der Waals surface area contributed by atoms with Crippen molar-refractivity contribution >= 4 is 22.3 Å². The molecule has 1 aliphatic rings. The van der Waals surface area contributed by atoms with Crippen molar-refractivity contribution in [3.8, 4) is 0 Å². The fourth-order valence-corrected chi connectivity index (χ4v) is 2.69. The predicted octanol–water partition coefficient (Wildman–Crippen LogP) is 3.12. The molecule has 0 radical (unpaired) electrons. The lowest BCUT2D eigenvalue weighted by molar-refractivity contribution is -0.384. The number of nitro groups is 1. The van der Waals surface area contributed by atoms with Gasteiger partial charge in [-0.05, 0) is 25.3 Å². The summed E-state index contributed by atoms with van der Waals surface area (Å²) in [6.07, 6.45) is 4.61. The molecule has 0 aliphatic carbocycles. The third-order valence-corrected chi connectivity index (χ3v) is 3.74. The van der Waals surface area contributed by atoms with Crippen LogP contribution in [0.3, 0.4) is 0 Å². The van der Waals surface area contributed by atoms with Crippen LogP contribution in [-0.4, -0.2) is 29.2 Å². The quantitative estimate of drug-likeness (QED) is 0.675. The van der Waals surface area contributed by atoms with E-state index < -0.39 is 4.92 Å². The molecule has 1 unspecified atom stereocenters. The normalized spacial score (nSPS) is 18.0. The van der Waals surface area contributed by atoms with Gasteiger partial charge in [0.05, 0.1) is 16.5 Å². The number of benzene rings is 1. The Morgan fingerprint density at radius 3 is 3.05 bits per heavy atom. The van der Waals surface area contributed by atoms with Crippen molar-refractivity contribution in [3.05, 3.63) is 40.6 Å². The molecule has 1 fully saturated rings. The number of hydrogen-bond acceptors (Lipinski definition) is 5. The molecule has 6 nitrogen and oxygen atoms in total. The van der Waals surface area contributed by atoms with Crippen molar-refractivity contribution < 1.29 is 9.66 Å². The van der Waals surface area contributed by atoms with E-state index in [0.717, 1.165) is 36.8 Å². The predicted molar refractivity (Wildman–Crippen MR) is 80.5 cm³/mol. The topological polar surface area (TPSA) is 77.3 Å². The second kappa shape index (κ2) is 6.05. The number of fused-ring (bicyclic) bond motifs is 1. The summed E-state index contributed by atoms with van der Waals surface area (Å²) in [7, 11) is 0. The molecule has 0 bridgehead atoms. The second-order valence-corrected chi connectivity index (χ2v) is 5.14. The van der Waals surface area contributed by atoms with Crippen molar-refractivity contribution in [1.29, 1.82) is 0 Å². The van der Waals surface area contributed by atoms with Gasteiger partial charge >= 0.3 is 5.69 Å². The van der Waals surface area contributed by atoms with Crippen LogP contribution in [0.1, 0.15) is 19.3 Å². The van der Waals surface area contributed by atoms with Gasteiger partial charge in [-0.25, -0.2) is 4.98 Å². The Labute approximate surface area is 122 Å². The van der Waals surface area contributed by atoms with Crippen molar-refractivity contribution in [2.45, 2.75) is 25.4 Å². The van der Waals surface area contributed by atoms with E-state index in [4.69, 9.17) is 4.74 Å². The summed E-state index contributed by atoms with van der Waals surface area (Å²) in [6, 6.07) is 7.43. The molecule has 1 N–H and O–H groups in total. The van der Waals surface area contributed by atoms with E-state index in [0.29, 0.717) is 12.2 Å². The third-order valence-electron chi connectivity index (χ3n) is 3.74. The largest absolute Gasteiger partial charge is 0.379 e. The van der Waals surface area contributed by atoms with Gasteiger partial charge in [0.1, 0.15) is 11.9 Å². The van der Waals surface area contributed by atoms with Gasteiger partial charge in [-0.2, -0.15) is 0 Å². The van der Waals surface area contributed by atoms with Gasteiger partial charge in [-0.15, -0.1) is 0 Å². The Hall–Kier alpha value is -2.21. The fraction of sp³-hybridized carbons (Fsp3) is 0.400. The fourth-order valence-electron chi connectivity index (χ4n) is 2.69. The average molecular weight is 287 g/mol. The van der Waals surface area contributed by atoms with Gasteiger partial charge in [0.15, 0.2) is 0 Å². The van der Waals surface area contributed by atoms with Crippen molar-refractivity contribution in [2.75, 3.05) is 18.5 Å². The highest BCUT2D eigenvalue weighted by Gasteiger charge is 2.19. The molecular formula is C15H17N3O3. The van der Waals surface area contributed by atoms with Gasteiger partial charge in [-0.1, -0.05) is 18.2 Å². The summed E-state index contributed by atoms with van der Waals surface area (Å²) in [5.74, 6) is 0. The maximum atomic E-state index is 11.2. The molecule has 110 valence electrons. The lowest BCUT2D eigenvalue weighted by Crippen LogP contribution is -2.13. The highest BCUT2D eigenvalue weighted by Crippen LogP contribution is 2.31. The number of para-hydroxylation sites is 1. The van der Waals surface area contributed by atoms with Crippen LogP contribution >= 0.6 is 0 Å². The smallest absolute Gasteiger partial charge is 0.311 e. The van der Waals surface area contributed by atoms with E-state index in [1.807, 2.05) is 24.3 Å².